The lowest BCUT2D eigenvalue weighted by Crippen LogP contribution is -2.37. The van der Waals surface area contributed by atoms with Crippen molar-refractivity contribution >= 4 is 105 Å². The van der Waals surface area contributed by atoms with E-state index in [4.69, 9.17) is 13.6 Å². The van der Waals surface area contributed by atoms with Gasteiger partial charge in [-0.05, 0) is 141 Å². The van der Waals surface area contributed by atoms with Gasteiger partial charge in [-0.25, -0.2) is 0 Å². The third kappa shape index (κ3) is 9.58. The van der Waals surface area contributed by atoms with Gasteiger partial charge >= 0.3 is 0 Å². The molecule has 0 spiro atoms. The molecule has 0 bridgehead atoms. The van der Waals surface area contributed by atoms with E-state index in [1.807, 2.05) is 0 Å². The monoisotopic (exact) mass is 1180 g/mol. The van der Waals surface area contributed by atoms with Crippen LogP contribution in [0.5, 0.6) is 11.5 Å². The summed E-state index contributed by atoms with van der Waals surface area (Å²) in [7, 11) is -3.34. The van der Waals surface area contributed by atoms with Gasteiger partial charge in [-0.2, -0.15) is 0 Å². The number of benzene rings is 11. The predicted octanol–water partition coefficient (Wildman–Crippen LogP) is 22.3. The second-order valence-corrected chi connectivity index (χ2v) is 38.3. The highest BCUT2D eigenvalue weighted by atomic mass is 28.3. The molecule has 0 saturated carbocycles. The molecule has 11 aromatic carbocycles. The van der Waals surface area contributed by atoms with Crippen LogP contribution in [0.3, 0.4) is 0 Å². The Kier molecular flexibility index (Phi) is 13.5. The molecule has 1 unspecified atom stereocenters. The minimum absolute atomic E-state index is 0.0161. The summed E-state index contributed by atoms with van der Waals surface area (Å²) in [4.78, 5) is 4.88. The molecule has 0 radical (unpaired) electrons. The number of anilines is 6. The van der Waals surface area contributed by atoms with Crippen LogP contribution in [0.1, 0.15) is 74.9 Å². The van der Waals surface area contributed by atoms with Crippen LogP contribution in [-0.2, 0) is 16.2 Å². The molecular formula is C81H76N2O3Si2. The van der Waals surface area contributed by atoms with Gasteiger partial charge in [-0.15, -0.1) is 0 Å². The standard InChI is InChI=1S/C81H76N2O3Si2/c1-79(2,3)53-31-33-55(34-32-53)81(56-37-45-62(46-38-56)84-61-43-35-54(36-44-61)80(4,5)6)67-52-70(83(58-25-17-14-18-26-58)60-41-49-64(50-42-60)88(10,11)12)77-74(66-28-20-22-30-72(66)85-77)75(67)76-68(81)51-69(73-65-27-19-21-29-71(65)86-78(73)76)82(57-23-15-13-16-24-57)59-39-47-63(48-40-59)87(7,8)9/h13-52H,1-12H3. The van der Waals surface area contributed by atoms with Gasteiger partial charge in [0.15, 0.2) is 5.58 Å². The summed E-state index contributed by atoms with van der Waals surface area (Å²) in [5.41, 5.74) is 17.4. The van der Waals surface area contributed by atoms with Crippen molar-refractivity contribution in [2.24, 2.45) is 0 Å². The van der Waals surface area contributed by atoms with Gasteiger partial charge in [0.2, 0.25) is 0 Å². The number of ether oxygens (including phenoxy) is 1. The molecule has 0 amide bonds. The van der Waals surface area contributed by atoms with Crippen LogP contribution in [-0.4, -0.2) is 16.1 Å². The third-order valence-corrected chi connectivity index (χ3v) is 22.4. The maximum Gasteiger partial charge on any atom is 0.160 e. The van der Waals surface area contributed by atoms with Gasteiger partial charge in [0, 0.05) is 50.0 Å². The van der Waals surface area contributed by atoms with Crippen LogP contribution in [0.25, 0.3) is 55.0 Å². The van der Waals surface area contributed by atoms with Crippen molar-refractivity contribution in [1.82, 2.24) is 0 Å². The molecule has 0 saturated heterocycles. The van der Waals surface area contributed by atoms with E-state index in [1.165, 1.54) is 21.5 Å². The normalized spacial score (nSPS) is 14.4. The van der Waals surface area contributed by atoms with Crippen LogP contribution < -0.4 is 24.9 Å². The number of rotatable bonds is 12. The lowest BCUT2D eigenvalue weighted by atomic mass is 9.67. The summed E-state index contributed by atoms with van der Waals surface area (Å²) in [5, 5.41) is 6.96. The van der Waals surface area contributed by atoms with Crippen molar-refractivity contribution in [2.75, 3.05) is 9.80 Å². The zero-order valence-corrected chi connectivity index (χ0v) is 54.7. The highest BCUT2D eigenvalue weighted by molar-refractivity contribution is 6.89. The zero-order chi connectivity index (χ0) is 61.1. The molecular weight excluding hydrogens is 1110 g/mol. The summed E-state index contributed by atoms with van der Waals surface area (Å²) >= 11 is 0. The first-order valence-corrected chi connectivity index (χ1v) is 38.1. The minimum Gasteiger partial charge on any atom is -0.457 e. The Balaban J connectivity index is 1.16. The fourth-order valence-corrected chi connectivity index (χ4v) is 15.9. The van der Waals surface area contributed by atoms with Crippen molar-refractivity contribution in [3.63, 3.8) is 0 Å². The molecule has 2 heterocycles. The quantitative estimate of drug-likeness (QED) is 0.114. The molecule has 88 heavy (non-hydrogen) atoms. The molecule has 0 fully saturated rings. The van der Waals surface area contributed by atoms with Crippen LogP contribution in [0.15, 0.2) is 251 Å². The first-order chi connectivity index (χ1) is 42.2. The lowest BCUT2D eigenvalue weighted by Gasteiger charge is -2.36. The number of para-hydroxylation sites is 4. The average Bonchev–Trinajstić information content (AvgIpc) is 1.50. The van der Waals surface area contributed by atoms with Crippen molar-refractivity contribution in [3.8, 4) is 22.6 Å². The van der Waals surface area contributed by atoms with Crippen LogP contribution in [0.2, 0.25) is 39.3 Å². The summed E-state index contributed by atoms with van der Waals surface area (Å²) in [6.07, 6.45) is 0. The van der Waals surface area contributed by atoms with Gasteiger partial charge < -0.3 is 23.4 Å². The van der Waals surface area contributed by atoms with E-state index >= 15 is 0 Å². The average molecular weight is 1180 g/mol. The predicted molar refractivity (Wildman–Crippen MR) is 378 cm³/mol. The van der Waals surface area contributed by atoms with Crippen molar-refractivity contribution in [2.45, 2.75) is 97.1 Å². The fraction of sp³-hybridized carbons (Fsp3) is 0.185. The van der Waals surface area contributed by atoms with Crippen LogP contribution >= 0.6 is 0 Å². The fourth-order valence-electron chi connectivity index (χ4n) is 13.5. The van der Waals surface area contributed by atoms with Gasteiger partial charge in [-0.1, -0.05) is 237 Å². The van der Waals surface area contributed by atoms with Gasteiger partial charge in [0.1, 0.15) is 28.2 Å². The molecule has 7 heteroatoms. The van der Waals surface area contributed by atoms with Crippen molar-refractivity contribution in [1.29, 1.82) is 0 Å². The summed E-state index contributed by atoms with van der Waals surface area (Å²) in [6.45, 7) is 28.1. The van der Waals surface area contributed by atoms with E-state index < -0.39 is 21.6 Å². The van der Waals surface area contributed by atoms with E-state index in [0.717, 1.165) is 123 Å². The summed E-state index contributed by atoms with van der Waals surface area (Å²) < 4.78 is 21.9. The molecule has 5 nitrogen and oxygen atoms in total. The molecule has 13 aromatic rings. The Morgan fingerprint density at radius 1 is 0.364 bits per heavy atom. The first-order valence-electron chi connectivity index (χ1n) is 31.1. The topological polar surface area (TPSA) is 42.0 Å². The minimum atomic E-state index is -1.67. The Morgan fingerprint density at radius 2 is 0.739 bits per heavy atom. The largest absolute Gasteiger partial charge is 0.457 e. The second-order valence-electron chi connectivity index (χ2n) is 28.2. The molecule has 2 aromatic heterocycles. The first kappa shape index (κ1) is 56.6. The van der Waals surface area contributed by atoms with Crippen molar-refractivity contribution in [3.05, 3.63) is 276 Å². The smallest absolute Gasteiger partial charge is 0.160 e. The third-order valence-electron chi connectivity index (χ3n) is 18.2. The molecule has 1 aliphatic rings. The second kappa shape index (κ2) is 21.0. The molecule has 0 aliphatic heterocycles. The number of hydrogen-bond donors (Lipinski definition) is 0. The molecule has 1 aliphatic carbocycles. The highest BCUT2D eigenvalue weighted by Gasteiger charge is 2.51. The number of fused-ring (bicyclic) bond motifs is 11. The van der Waals surface area contributed by atoms with Crippen molar-refractivity contribution < 1.29 is 13.6 Å². The molecule has 0 N–H and O–H groups in total. The van der Waals surface area contributed by atoms with Crippen LogP contribution in [0.4, 0.5) is 34.1 Å². The Labute approximate surface area is 520 Å². The number of furan rings is 2. The van der Waals surface area contributed by atoms with Gasteiger partial charge in [0.05, 0.1) is 38.3 Å². The summed E-state index contributed by atoms with van der Waals surface area (Å²) in [6, 6.07) is 89.5. The van der Waals surface area contributed by atoms with E-state index in [-0.39, 0.29) is 10.8 Å². The van der Waals surface area contributed by atoms with Crippen LogP contribution in [0, 0.1) is 0 Å². The molecule has 436 valence electrons. The maximum absolute atomic E-state index is 7.64. The highest BCUT2D eigenvalue weighted by Crippen LogP contribution is 2.65. The van der Waals surface area contributed by atoms with E-state index in [1.54, 1.807) is 0 Å². The van der Waals surface area contributed by atoms with E-state index in [9.17, 15) is 0 Å². The molecule has 1 atom stereocenters. The zero-order valence-electron chi connectivity index (χ0n) is 52.7. The number of nitrogens with zero attached hydrogens (tertiary/aromatic N) is 2. The lowest BCUT2D eigenvalue weighted by molar-refractivity contribution is 0.481. The maximum atomic E-state index is 7.64. The van der Waals surface area contributed by atoms with E-state index in [0.29, 0.717) is 0 Å². The van der Waals surface area contributed by atoms with Gasteiger partial charge in [0.25, 0.3) is 0 Å². The SMILES string of the molecule is CC(C)(C)c1ccc(Oc2ccc(C3(c4ccc(C(C)(C)C)cc4)c4cc(N(c5ccccc5)c5ccc([Si](C)(C)C)cc5)c5c(oc6ccccc65)c4-c4c3cc(N(c3ccccc3)c3ccc([Si](C)(C)C)cc3)c3oc5ccccc5c43)cc2)cc1. The van der Waals surface area contributed by atoms with Gasteiger partial charge in [-0.3, -0.25) is 0 Å². The number of hydrogen-bond acceptors (Lipinski definition) is 5. The Bertz CT molecular complexity index is 4750. The molecule has 14 rings (SSSR count). The summed E-state index contributed by atoms with van der Waals surface area (Å²) in [5.74, 6) is 1.54. The Morgan fingerprint density at radius 3 is 1.22 bits per heavy atom. The Hall–Kier alpha value is -9.15. The van der Waals surface area contributed by atoms with E-state index in [2.05, 4.69) is 333 Å².